The molecular formula is C23H25N3O4S2. The Bertz CT molecular complexity index is 1270. The van der Waals surface area contributed by atoms with Gasteiger partial charge in [-0.15, -0.1) is 0 Å². The molecule has 2 aliphatic rings. The lowest BCUT2D eigenvalue weighted by atomic mass is 10.2. The van der Waals surface area contributed by atoms with Crippen LogP contribution >= 0.6 is 11.8 Å². The SMILES string of the molecule is C[C@H](Sc1nc2cc(S(=O)(=O)N3CCCCC3)ccc2o1)C(=O)N1CCc2ccccc21. The summed E-state index contributed by atoms with van der Waals surface area (Å²) in [5.41, 5.74) is 3.14. The summed E-state index contributed by atoms with van der Waals surface area (Å²) >= 11 is 1.25. The van der Waals surface area contributed by atoms with Crippen molar-refractivity contribution in [2.24, 2.45) is 0 Å². The highest BCUT2D eigenvalue weighted by Gasteiger charge is 2.30. The molecule has 1 saturated heterocycles. The van der Waals surface area contributed by atoms with Gasteiger partial charge in [-0.2, -0.15) is 4.31 Å². The van der Waals surface area contributed by atoms with Crippen molar-refractivity contribution in [3.63, 3.8) is 0 Å². The highest BCUT2D eigenvalue weighted by molar-refractivity contribution is 8.00. The summed E-state index contributed by atoms with van der Waals surface area (Å²) in [4.78, 5) is 19.6. The number of rotatable bonds is 5. The number of anilines is 1. The molecule has 0 N–H and O–H groups in total. The van der Waals surface area contributed by atoms with Crippen LogP contribution in [0.4, 0.5) is 5.69 Å². The van der Waals surface area contributed by atoms with Crippen molar-refractivity contribution in [3.8, 4) is 0 Å². The lowest BCUT2D eigenvalue weighted by molar-refractivity contribution is -0.117. The molecule has 0 bridgehead atoms. The normalized spacial score (nSPS) is 18.1. The van der Waals surface area contributed by atoms with Crippen molar-refractivity contribution in [2.45, 2.75) is 48.0 Å². The third-order valence-corrected chi connectivity index (χ3v) is 8.90. The number of para-hydroxylation sites is 1. The first-order valence-electron chi connectivity index (χ1n) is 10.9. The van der Waals surface area contributed by atoms with E-state index in [1.807, 2.05) is 30.0 Å². The molecule has 7 nitrogen and oxygen atoms in total. The van der Waals surface area contributed by atoms with E-state index < -0.39 is 10.0 Å². The summed E-state index contributed by atoms with van der Waals surface area (Å²) in [5.74, 6) is 0.00979. The van der Waals surface area contributed by atoms with Gasteiger partial charge in [-0.1, -0.05) is 36.4 Å². The van der Waals surface area contributed by atoms with Crippen molar-refractivity contribution >= 4 is 44.5 Å². The van der Waals surface area contributed by atoms with Crippen LogP contribution in [0.1, 0.15) is 31.7 Å². The van der Waals surface area contributed by atoms with Gasteiger partial charge in [-0.3, -0.25) is 4.79 Å². The Morgan fingerprint density at radius 3 is 2.69 bits per heavy atom. The zero-order chi connectivity index (χ0) is 22.3. The fraction of sp³-hybridized carbons (Fsp3) is 0.391. The standard InChI is InChI=1S/C23H25N3O4S2/c1-16(22(27)26-14-11-17-7-3-4-8-20(17)26)31-23-24-19-15-18(9-10-21(19)30-23)32(28,29)25-12-5-2-6-13-25/h3-4,7-10,15-16H,2,5-6,11-14H2,1H3/t16-/m0/s1. The minimum atomic E-state index is -3.54. The maximum Gasteiger partial charge on any atom is 0.257 e. The summed E-state index contributed by atoms with van der Waals surface area (Å²) < 4.78 is 33.3. The van der Waals surface area contributed by atoms with Gasteiger partial charge in [-0.05, 0) is 56.0 Å². The largest absolute Gasteiger partial charge is 0.431 e. The Balaban J connectivity index is 1.34. The van der Waals surface area contributed by atoms with Crippen LogP contribution < -0.4 is 4.90 Å². The van der Waals surface area contributed by atoms with E-state index in [4.69, 9.17) is 4.42 Å². The fourth-order valence-corrected chi connectivity index (χ4v) is 6.70. The fourth-order valence-electron chi connectivity index (χ4n) is 4.34. The van der Waals surface area contributed by atoms with E-state index in [0.717, 1.165) is 31.4 Å². The monoisotopic (exact) mass is 471 g/mol. The molecule has 0 radical (unpaired) electrons. The van der Waals surface area contributed by atoms with E-state index in [9.17, 15) is 13.2 Å². The second-order valence-corrected chi connectivity index (χ2v) is 11.4. The van der Waals surface area contributed by atoms with Gasteiger partial charge in [0, 0.05) is 25.3 Å². The topological polar surface area (TPSA) is 83.7 Å². The number of benzene rings is 2. The number of oxazole rings is 1. The molecule has 9 heteroatoms. The molecule has 2 aromatic carbocycles. The van der Waals surface area contributed by atoms with Crippen LogP contribution in [0.2, 0.25) is 0 Å². The Morgan fingerprint density at radius 1 is 1.09 bits per heavy atom. The maximum absolute atomic E-state index is 13.0. The number of fused-ring (bicyclic) bond motifs is 2. The molecule has 1 atom stereocenters. The van der Waals surface area contributed by atoms with Gasteiger partial charge >= 0.3 is 0 Å². The van der Waals surface area contributed by atoms with E-state index in [0.29, 0.717) is 36.0 Å². The predicted molar refractivity (Wildman–Crippen MR) is 124 cm³/mol. The Morgan fingerprint density at radius 2 is 1.88 bits per heavy atom. The molecule has 168 valence electrons. The number of piperidine rings is 1. The van der Waals surface area contributed by atoms with Crippen LogP contribution in [0.3, 0.4) is 0 Å². The van der Waals surface area contributed by atoms with Crippen LogP contribution in [0.25, 0.3) is 11.1 Å². The predicted octanol–water partition coefficient (Wildman–Crippen LogP) is 4.07. The zero-order valence-corrected chi connectivity index (χ0v) is 19.5. The molecule has 0 spiro atoms. The molecule has 5 rings (SSSR count). The van der Waals surface area contributed by atoms with E-state index in [1.165, 1.54) is 17.3 Å². The summed E-state index contributed by atoms with van der Waals surface area (Å²) in [6.45, 7) is 3.63. The number of sulfonamides is 1. The number of nitrogens with zero attached hydrogens (tertiary/aromatic N) is 3. The minimum Gasteiger partial charge on any atom is -0.431 e. The van der Waals surface area contributed by atoms with E-state index >= 15 is 0 Å². The first-order valence-corrected chi connectivity index (χ1v) is 13.2. The van der Waals surface area contributed by atoms with Gasteiger partial charge < -0.3 is 9.32 Å². The molecule has 1 amide bonds. The summed E-state index contributed by atoms with van der Waals surface area (Å²) in [6, 6.07) is 12.7. The molecule has 0 saturated carbocycles. The summed E-state index contributed by atoms with van der Waals surface area (Å²) in [6.07, 6.45) is 3.70. The number of hydrogen-bond acceptors (Lipinski definition) is 6. The van der Waals surface area contributed by atoms with Crippen molar-refractivity contribution in [3.05, 3.63) is 48.0 Å². The Hall–Kier alpha value is -2.36. The third-order valence-electron chi connectivity index (χ3n) is 6.07. The van der Waals surface area contributed by atoms with E-state index in [-0.39, 0.29) is 16.1 Å². The Kier molecular flexibility index (Phi) is 5.73. The molecule has 1 aromatic heterocycles. The zero-order valence-electron chi connectivity index (χ0n) is 17.9. The summed E-state index contributed by atoms with van der Waals surface area (Å²) in [5, 5.41) is -0.0216. The number of aromatic nitrogens is 1. The first-order chi connectivity index (χ1) is 15.4. The number of carbonyl (C=O) groups excluding carboxylic acids is 1. The van der Waals surface area contributed by atoms with Crippen molar-refractivity contribution in [1.29, 1.82) is 0 Å². The second kappa shape index (κ2) is 8.53. The van der Waals surface area contributed by atoms with Gasteiger partial charge in [0.25, 0.3) is 5.22 Å². The molecule has 1 fully saturated rings. The number of carbonyl (C=O) groups is 1. The van der Waals surface area contributed by atoms with Crippen molar-refractivity contribution < 1.29 is 17.6 Å². The van der Waals surface area contributed by atoms with Gasteiger partial charge in [0.2, 0.25) is 15.9 Å². The Labute approximate surface area is 191 Å². The quantitative estimate of drug-likeness (QED) is 0.522. The van der Waals surface area contributed by atoms with Crippen molar-refractivity contribution in [2.75, 3.05) is 24.5 Å². The van der Waals surface area contributed by atoms with E-state index in [2.05, 4.69) is 11.1 Å². The molecule has 3 heterocycles. The molecule has 2 aliphatic heterocycles. The van der Waals surface area contributed by atoms with Crippen LogP contribution in [-0.2, 0) is 21.2 Å². The molecule has 0 unspecified atom stereocenters. The van der Waals surface area contributed by atoms with Crippen LogP contribution in [0, 0.1) is 0 Å². The average Bonchev–Trinajstić information content (AvgIpc) is 3.42. The van der Waals surface area contributed by atoms with Gasteiger partial charge in [0.05, 0.1) is 10.1 Å². The van der Waals surface area contributed by atoms with Gasteiger partial charge in [0.15, 0.2) is 5.58 Å². The van der Waals surface area contributed by atoms with Crippen LogP contribution in [-0.4, -0.2) is 48.5 Å². The highest BCUT2D eigenvalue weighted by Crippen LogP contribution is 2.33. The van der Waals surface area contributed by atoms with Crippen molar-refractivity contribution in [1.82, 2.24) is 9.29 Å². The lowest BCUT2D eigenvalue weighted by Crippen LogP contribution is -2.35. The third kappa shape index (κ3) is 3.93. The van der Waals surface area contributed by atoms with Crippen LogP contribution in [0.15, 0.2) is 57.0 Å². The smallest absolute Gasteiger partial charge is 0.257 e. The van der Waals surface area contributed by atoms with Gasteiger partial charge in [0.1, 0.15) is 5.52 Å². The minimum absolute atomic E-state index is 0.00979. The summed E-state index contributed by atoms with van der Waals surface area (Å²) in [7, 11) is -3.54. The van der Waals surface area contributed by atoms with Gasteiger partial charge in [-0.25, -0.2) is 13.4 Å². The molecular weight excluding hydrogens is 446 g/mol. The number of hydrogen-bond donors (Lipinski definition) is 0. The second-order valence-electron chi connectivity index (χ2n) is 8.20. The first kappa shape index (κ1) is 21.5. The average molecular weight is 472 g/mol. The number of amides is 1. The molecule has 32 heavy (non-hydrogen) atoms. The lowest BCUT2D eigenvalue weighted by Gasteiger charge is -2.25. The maximum atomic E-state index is 13.0. The van der Waals surface area contributed by atoms with Crippen LogP contribution in [0.5, 0.6) is 0 Å². The molecule has 0 aliphatic carbocycles. The number of thioether (sulfide) groups is 1. The molecule has 3 aromatic rings. The van der Waals surface area contributed by atoms with E-state index in [1.54, 1.807) is 22.5 Å². The highest BCUT2D eigenvalue weighted by atomic mass is 32.2.